The van der Waals surface area contributed by atoms with Crippen LogP contribution in [0.1, 0.15) is 12.5 Å². The van der Waals surface area contributed by atoms with Crippen LogP contribution in [-0.4, -0.2) is 16.6 Å². The van der Waals surface area contributed by atoms with Crippen molar-refractivity contribution in [3.63, 3.8) is 0 Å². The third kappa shape index (κ3) is 3.51. The molecule has 1 unspecified atom stereocenters. The van der Waals surface area contributed by atoms with Crippen molar-refractivity contribution in [3.8, 4) is 0 Å². The maximum absolute atomic E-state index is 10.8. The zero-order valence-corrected chi connectivity index (χ0v) is 13.6. The molecule has 0 amide bonds. The molecule has 0 aliphatic heterocycles. The van der Waals surface area contributed by atoms with Gasteiger partial charge >= 0.3 is 0 Å². The highest BCUT2D eigenvalue weighted by molar-refractivity contribution is 14.1. The van der Waals surface area contributed by atoms with E-state index in [9.17, 15) is 15.2 Å². The van der Waals surface area contributed by atoms with Gasteiger partial charge in [-0.25, -0.2) is 0 Å². The fourth-order valence-electron chi connectivity index (χ4n) is 2.06. The SMILES string of the molecule is CC(CO)(Nc1ccc([N+](=O)[O-])c(I)c1)c1ccccc1. The van der Waals surface area contributed by atoms with Crippen LogP contribution in [0.5, 0.6) is 0 Å². The van der Waals surface area contributed by atoms with Gasteiger partial charge in [-0.3, -0.25) is 10.1 Å². The molecule has 110 valence electrons. The van der Waals surface area contributed by atoms with E-state index in [0.717, 1.165) is 11.3 Å². The fraction of sp³-hybridized carbons (Fsp3) is 0.200. The summed E-state index contributed by atoms with van der Waals surface area (Å²) in [7, 11) is 0. The van der Waals surface area contributed by atoms with Gasteiger partial charge in [0.2, 0.25) is 0 Å². The molecule has 0 saturated heterocycles. The molecule has 0 radical (unpaired) electrons. The zero-order valence-electron chi connectivity index (χ0n) is 11.4. The normalized spacial score (nSPS) is 13.5. The predicted molar refractivity (Wildman–Crippen MR) is 90.3 cm³/mol. The first-order valence-corrected chi connectivity index (χ1v) is 7.42. The largest absolute Gasteiger partial charge is 0.394 e. The third-order valence-corrected chi connectivity index (χ3v) is 4.16. The molecule has 0 saturated carbocycles. The van der Waals surface area contributed by atoms with E-state index in [1.165, 1.54) is 6.07 Å². The molecule has 5 nitrogen and oxygen atoms in total. The molecule has 2 rings (SSSR count). The summed E-state index contributed by atoms with van der Waals surface area (Å²) >= 11 is 1.94. The summed E-state index contributed by atoms with van der Waals surface area (Å²) in [4.78, 5) is 10.4. The predicted octanol–water partition coefficient (Wildman–Crippen LogP) is 3.52. The Balaban J connectivity index is 2.31. The molecule has 0 bridgehead atoms. The van der Waals surface area contributed by atoms with Crippen LogP contribution >= 0.6 is 22.6 Å². The van der Waals surface area contributed by atoms with Gasteiger partial charge in [0.15, 0.2) is 0 Å². The number of nitrogens with one attached hydrogen (secondary N) is 1. The van der Waals surface area contributed by atoms with Crippen molar-refractivity contribution in [1.29, 1.82) is 0 Å². The molecule has 2 N–H and O–H groups in total. The Kier molecular flexibility index (Phi) is 4.79. The van der Waals surface area contributed by atoms with Crippen LogP contribution in [0.4, 0.5) is 11.4 Å². The molecule has 0 aliphatic carbocycles. The first-order valence-electron chi connectivity index (χ1n) is 6.35. The quantitative estimate of drug-likeness (QED) is 0.459. The van der Waals surface area contributed by atoms with E-state index in [4.69, 9.17) is 0 Å². The number of hydrogen-bond donors (Lipinski definition) is 2. The van der Waals surface area contributed by atoms with E-state index in [0.29, 0.717) is 3.57 Å². The first-order chi connectivity index (χ1) is 9.96. The topological polar surface area (TPSA) is 75.4 Å². The van der Waals surface area contributed by atoms with Crippen LogP contribution in [0.2, 0.25) is 0 Å². The second-order valence-electron chi connectivity index (χ2n) is 4.90. The molecule has 0 spiro atoms. The van der Waals surface area contributed by atoms with Crippen molar-refractivity contribution in [2.24, 2.45) is 0 Å². The highest BCUT2D eigenvalue weighted by atomic mass is 127. The summed E-state index contributed by atoms with van der Waals surface area (Å²) in [5.41, 5.74) is 1.10. The molecular formula is C15H15IN2O3. The van der Waals surface area contributed by atoms with Gasteiger partial charge in [-0.05, 0) is 47.2 Å². The average molecular weight is 398 g/mol. The minimum absolute atomic E-state index is 0.0755. The lowest BCUT2D eigenvalue weighted by Gasteiger charge is -2.30. The number of anilines is 1. The maximum atomic E-state index is 10.8. The summed E-state index contributed by atoms with van der Waals surface area (Å²) in [5.74, 6) is 0. The number of benzene rings is 2. The van der Waals surface area contributed by atoms with E-state index >= 15 is 0 Å². The molecule has 0 fully saturated rings. The van der Waals surface area contributed by atoms with Gasteiger partial charge in [0, 0.05) is 11.8 Å². The van der Waals surface area contributed by atoms with Gasteiger partial charge in [0.05, 0.1) is 20.6 Å². The van der Waals surface area contributed by atoms with Crippen molar-refractivity contribution >= 4 is 34.0 Å². The molecular weight excluding hydrogens is 383 g/mol. The number of halogens is 1. The highest BCUT2D eigenvalue weighted by Gasteiger charge is 2.26. The minimum Gasteiger partial charge on any atom is -0.394 e. The number of hydrogen-bond acceptors (Lipinski definition) is 4. The van der Waals surface area contributed by atoms with Gasteiger partial charge in [-0.2, -0.15) is 0 Å². The Morgan fingerprint density at radius 3 is 2.48 bits per heavy atom. The molecule has 0 aliphatic rings. The van der Waals surface area contributed by atoms with Gasteiger partial charge < -0.3 is 10.4 Å². The molecule has 1 atom stereocenters. The van der Waals surface area contributed by atoms with Gasteiger partial charge in [0.25, 0.3) is 5.69 Å². The second kappa shape index (κ2) is 6.40. The summed E-state index contributed by atoms with van der Waals surface area (Å²) in [6.45, 7) is 1.79. The standard InChI is InChI=1S/C15H15IN2O3/c1-15(10-19,11-5-3-2-4-6-11)17-12-7-8-14(18(20)21)13(16)9-12/h2-9,17,19H,10H2,1H3. The van der Waals surface area contributed by atoms with Gasteiger partial charge in [-0.15, -0.1) is 0 Å². The monoisotopic (exact) mass is 398 g/mol. The van der Waals surface area contributed by atoms with E-state index in [2.05, 4.69) is 5.32 Å². The first kappa shape index (κ1) is 15.7. The van der Waals surface area contributed by atoms with Crippen molar-refractivity contribution in [3.05, 3.63) is 67.8 Å². The Hall–Kier alpha value is -1.67. The van der Waals surface area contributed by atoms with E-state index in [-0.39, 0.29) is 12.3 Å². The molecule has 0 aromatic heterocycles. The lowest BCUT2D eigenvalue weighted by Crippen LogP contribution is -2.35. The van der Waals surface area contributed by atoms with Crippen molar-refractivity contribution in [1.82, 2.24) is 0 Å². The van der Waals surface area contributed by atoms with Crippen molar-refractivity contribution in [2.75, 3.05) is 11.9 Å². The Morgan fingerprint density at radius 1 is 1.29 bits per heavy atom. The average Bonchev–Trinajstić information content (AvgIpc) is 2.47. The lowest BCUT2D eigenvalue weighted by molar-refractivity contribution is -0.385. The molecule has 2 aromatic rings. The number of aliphatic hydroxyl groups is 1. The summed E-state index contributed by atoms with van der Waals surface area (Å²) in [5, 5.41) is 23.8. The number of aliphatic hydroxyl groups excluding tert-OH is 1. The smallest absolute Gasteiger partial charge is 0.282 e. The third-order valence-electron chi connectivity index (χ3n) is 3.29. The molecule has 0 heterocycles. The zero-order chi connectivity index (χ0) is 15.5. The van der Waals surface area contributed by atoms with Crippen LogP contribution in [0.3, 0.4) is 0 Å². The van der Waals surface area contributed by atoms with Gasteiger partial charge in [0.1, 0.15) is 0 Å². The lowest BCUT2D eigenvalue weighted by atomic mass is 9.92. The fourth-order valence-corrected chi connectivity index (χ4v) is 2.77. The Labute approximate surface area is 136 Å². The van der Waals surface area contributed by atoms with Crippen molar-refractivity contribution in [2.45, 2.75) is 12.5 Å². The van der Waals surface area contributed by atoms with Crippen LogP contribution in [0, 0.1) is 13.7 Å². The number of rotatable bonds is 5. The maximum Gasteiger partial charge on any atom is 0.282 e. The van der Waals surface area contributed by atoms with Crippen molar-refractivity contribution < 1.29 is 10.0 Å². The molecule has 2 aromatic carbocycles. The number of nitrogens with zero attached hydrogens (tertiary/aromatic N) is 1. The summed E-state index contributed by atoms with van der Waals surface area (Å²) in [6.07, 6.45) is 0. The van der Waals surface area contributed by atoms with E-state index in [1.54, 1.807) is 12.1 Å². The Morgan fingerprint density at radius 2 is 1.95 bits per heavy atom. The van der Waals surface area contributed by atoms with E-state index in [1.807, 2.05) is 59.8 Å². The summed E-state index contributed by atoms with van der Waals surface area (Å²) < 4.78 is 0.552. The van der Waals surface area contributed by atoms with Crippen LogP contribution < -0.4 is 5.32 Å². The van der Waals surface area contributed by atoms with Crippen LogP contribution in [-0.2, 0) is 5.54 Å². The number of nitro groups is 1. The van der Waals surface area contributed by atoms with Crippen LogP contribution in [0.15, 0.2) is 48.5 Å². The highest BCUT2D eigenvalue weighted by Crippen LogP contribution is 2.29. The molecule has 6 heteroatoms. The second-order valence-corrected chi connectivity index (χ2v) is 6.07. The van der Waals surface area contributed by atoms with Gasteiger partial charge in [-0.1, -0.05) is 30.3 Å². The van der Waals surface area contributed by atoms with E-state index < -0.39 is 10.5 Å². The number of nitro benzene ring substituents is 1. The molecule has 21 heavy (non-hydrogen) atoms. The minimum atomic E-state index is -0.652. The van der Waals surface area contributed by atoms with Crippen LogP contribution in [0.25, 0.3) is 0 Å². The summed E-state index contributed by atoms with van der Waals surface area (Å²) in [6, 6.07) is 14.4. The Bertz CT molecular complexity index is 649.